The van der Waals surface area contributed by atoms with Gasteiger partial charge in [0.05, 0.1) is 6.61 Å². The lowest BCUT2D eigenvalue weighted by Gasteiger charge is -2.30. The average Bonchev–Trinajstić information content (AvgIpc) is 2.43. The summed E-state index contributed by atoms with van der Waals surface area (Å²) in [6.07, 6.45) is 0. The quantitative estimate of drug-likeness (QED) is 0.716. The molecule has 0 saturated carbocycles. The molecule has 120 valence electrons. The highest BCUT2D eigenvalue weighted by molar-refractivity contribution is 9.10. The molecule has 0 radical (unpaired) electrons. The molecule has 0 aliphatic rings. The van der Waals surface area contributed by atoms with Crippen LogP contribution < -0.4 is 10.2 Å². The number of rotatable bonds is 9. The fourth-order valence-electron chi connectivity index (χ4n) is 2.53. The molecule has 0 saturated heterocycles. The van der Waals surface area contributed by atoms with Crippen LogP contribution in [0.1, 0.15) is 39.3 Å². The van der Waals surface area contributed by atoms with E-state index in [4.69, 9.17) is 4.74 Å². The van der Waals surface area contributed by atoms with E-state index in [0.717, 1.165) is 30.7 Å². The molecule has 0 aliphatic carbocycles. The molecule has 4 heteroatoms. The van der Waals surface area contributed by atoms with Gasteiger partial charge in [-0.2, -0.15) is 0 Å². The largest absolute Gasteiger partial charge is 0.383 e. The van der Waals surface area contributed by atoms with Crippen molar-refractivity contribution >= 4 is 21.6 Å². The van der Waals surface area contributed by atoms with Crippen molar-refractivity contribution in [3.05, 3.63) is 28.2 Å². The fourth-order valence-corrected chi connectivity index (χ4v) is 2.87. The highest BCUT2D eigenvalue weighted by Gasteiger charge is 2.16. The van der Waals surface area contributed by atoms with E-state index in [9.17, 15) is 0 Å². The van der Waals surface area contributed by atoms with E-state index in [-0.39, 0.29) is 0 Å². The van der Waals surface area contributed by atoms with E-state index < -0.39 is 0 Å². The molecule has 0 aromatic heterocycles. The van der Waals surface area contributed by atoms with E-state index in [1.54, 1.807) is 7.11 Å². The van der Waals surface area contributed by atoms with Crippen molar-refractivity contribution in [2.75, 3.05) is 38.3 Å². The minimum Gasteiger partial charge on any atom is -0.383 e. The first-order chi connectivity index (χ1) is 9.99. The normalized spacial score (nSPS) is 12.7. The second kappa shape index (κ2) is 9.44. The van der Waals surface area contributed by atoms with Gasteiger partial charge in [0.1, 0.15) is 0 Å². The number of hydrogen-bond acceptors (Lipinski definition) is 3. The van der Waals surface area contributed by atoms with Crippen LogP contribution >= 0.6 is 15.9 Å². The van der Waals surface area contributed by atoms with Crippen LogP contribution in [-0.4, -0.2) is 33.4 Å². The molecule has 3 nitrogen and oxygen atoms in total. The Bertz CT molecular complexity index is 423. The SMILES string of the molecule is CCNC(C)c1ccc(Br)cc1N(CCOC)CC(C)C. The molecule has 1 rings (SSSR count). The Morgan fingerprint density at radius 3 is 2.57 bits per heavy atom. The minimum absolute atomic E-state index is 0.343. The highest BCUT2D eigenvalue weighted by Crippen LogP contribution is 2.30. The first-order valence-corrected chi connectivity index (χ1v) is 8.55. The van der Waals surface area contributed by atoms with Gasteiger partial charge in [0.2, 0.25) is 0 Å². The van der Waals surface area contributed by atoms with Gasteiger partial charge in [0.25, 0.3) is 0 Å². The van der Waals surface area contributed by atoms with Crippen LogP contribution in [0.3, 0.4) is 0 Å². The summed E-state index contributed by atoms with van der Waals surface area (Å²) in [5.41, 5.74) is 2.64. The number of nitrogens with zero attached hydrogens (tertiary/aromatic N) is 1. The number of methoxy groups -OCH3 is 1. The number of benzene rings is 1. The maximum Gasteiger partial charge on any atom is 0.0637 e. The van der Waals surface area contributed by atoms with Gasteiger partial charge < -0.3 is 15.0 Å². The standard InChI is InChI=1S/C17H29BrN2O/c1-6-19-14(4)16-8-7-15(18)11-17(16)20(9-10-21-5)12-13(2)3/h7-8,11,13-14,19H,6,9-10,12H2,1-5H3. The molecule has 1 atom stereocenters. The molecule has 0 heterocycles. The first-order valence-electron chi connectivity index (χ1n) is 7.76. The summed E-state index contributed by atoms with van der Waals surface area (Å²) in [6.45, 7) is 12.5. The Labute approximate surface area is 138 Å². The second-order valence-electron chi connectivity index (χ2n) is 5.82. The lowest BCUT2D eigenvalue weighted by molar-refractivity contribution is 0.204. The summed E-state index contributed by atoms with van der Waals surface area (Å²) >= 11 is 3.61. The topological polar surface area (TPSA) is 24.5 Å². The molecule has 1 N–H and O–H groups in total. The third-order valence-corrected chi connectivity index (χ3v) is 3.95. The molecule has 1 unspecified atom stereocenters. The zero-order valence-corrected chi connectivity index (χ0v) is 15.5. The lowest BCUT2D eigenvalue weighted by Crippen LogP contribution is -2.33. The van der Waals surface area contributed by atoms with Gasteiger partial charge in [-0.3, -0.25) is 0 Å². The maximum absolute atomic E-state index is 5.28. The lowest BCUT2D eigenvalue weighted by atomic mass is 10.0. The third-order valence-electron chi connectivity index (χ3n) is 3.46. The van der Waals surface area contributed by atoms with Gasteiger partial charge in [-0.05, 0) is 37.1 Å². The number of anilines is 1. The van der Waals surface area contributed by atoms with Gasteiger partial charge in [-0.25, -0.2) is 0 Å². The van der Waals surface area contributed by atoms with Crippen LogP contribution in [0.25, 0.3) is 0 Å². The zero-order valence-electron chi connectivity index (χ0n) is 13.9. The summed E-state index contributed by atoms with van der Waals surface area (Å²) in [4.78, 5) is 2.43. The van der Waals surface area contributed by atoms with Crippen LogP contribution in [0.5, 0.6) is 0 Å². The molecule has 0 spiro atoms. The van der Waals surface area contributed by atoms with Crippen LogP contribution in [-0.2, 0) is 4.74 Å². The van der Waals surface area contributed by atoms with E-state index in [0.29, 0.717) is 12.0 Å². The Hall–Kier alpha value is -0.580. The summed E-state index contributed by atoms with van der Waals surface area (Å²) in [5, 5.41) is 3.51. The Balaban J connectivity index is 3.10. The van der Waals surface area contributed by atoms with Crippen molar-refractivity contribution in [1.82, 2.24) is 5.32 Å². The van der Waals surface area contributed by atoms with E-state index in [1.165, 1.54) is 11.3 Å². The predicted octanol–water partition coefficient (Wildman–Crippen LogP) is 4.23. The summed E-state index contributed by atoms with van der Waals surface area (Å²) in [5.74, 6) is 0.614. The van der Waals surface area contributed by atoms with Crippen molar-refractivity contribution in [3.8, 4) is 0 Å². The van der Waals surface area contributed by atoms with Crippen molar-refractivity contribution in [1.29, 1.82) is 0 Å². The van der Waals surface area contributed by atoms with Crippen LogP contribution in [0.15, 0.2) is 22.7 Å². The molecule has 0 amide bonds. The molecule has 0 fully saturated rings. The predicted molar refractivity (Wildman–Crippen MR) is 95.2 cm³/mol. The monoisotopic (exact) mass is 356 g/mol. The summed E-state index contributed by atoms with van der Waals surface area (Å²) < 4.78 is 6.41. The Morgan fingerprint density at radius 1 is 1.29 bits per heavy atom. The van der Waals surface area contributed by atoms with Crippen molar-refractivity contribution in [2.45, 2.75) is 33.7 Å². The third kappa shape index (κ3) is 5.97. The minimum atomic E-state index is 0.343. The number of nitrogens with one attached hydrogen (secondary N) is 1. The van der Waals surface area contributed by atoms with E-state index >= 15 is 0 Å². The van der Waals surface area contributed by atoms with Crippen LogP contribution in [0.2, 0.25) is 0 Å². The Morgan fingerprint density at radius 2 is 2.00 bits per heavy atom. The van der Waals surface area contributed by atoms with Gasteiger partial charge in [-0.1, -0.05) is 42.8 Å². The van der Waals surface area contributed by atoms with Crippen LogP contribution in [0.4, 0.5) is 5.69 Å². The van der Waals surface area contributed by atoms with E-state index in [2.05, 4.69) is 72.0 Å². The molecule has 0 aliphatic heterocycles. The van der Waals surface area contributed by atoms with Gasteiger partial charge in [-0.15, -0.1) is 0 Å². The number of ether oxygens (including phenoxy) is 1. The molecule has 1 aromatic rings. The number of halogens is 1. The molecule has 0 bridgehead atoms. The van der Waals surface area contributed by atoms with Gasteiger partial charge >= 0.3 is 0 Å². The van der Waals surface area contributed by atoms with Gasteiger partial charge in [0.15, 0.2) is 0 Å². The van der Waals surface area contributed by atoms with E-state index in [1.807, 2.05) is 0 Å². The summed E-state index contributed by atoms with van der Waals surface area (Å²) in [7, 11) is 1.76. The van der Waals surface area contributed by atoms with Crippen molar-refractivity contribution in [3.63, 3.8) is 0 Å². The van der Waals surface area contributed by atoms with Crippen molar-refractivity contribution in [2.24, 2.45) is 5.92 Å². The Kier molecular flexibility index (Phi) is 8.30. The molecule has 21 heavy (non-hydrogen) atoms. The number of hydrogen-bond donors (Lipinski definition) is 1. The molecular weight excluding hydrogens is 328 g/mol. The maximum atomic E-state index is 5.28. The molecule has 1 aromatic carbocycles. The average molecular weight is 357 g/mol. The zero-order chi connectivity index (χ0) is 15.8. The first kappa shape index (κ1) is 18.5. The fraction of sp³-hybridized carbons (Fsp3) is 0.647. The smallest absolute Gasteiger partial charge is 0.0637 e. The summed E-state index contributed by atoms with van der Waals surface area (Å²) in [6, 6.07) is 6.90. The van der Waals surface area contributed by atoms with Crippen molar-refractivity contribution < 1.29 is 4.74 Å². The highest BCUT2D eigenvalue weighted by atomic mass is 79.9. The van der Waals surface area contributed by atoms with Gasteiger partial charge in [0, 0.05) is 36.4 Å². The molecular formula is C17H29BrN2O. The van der Waals surface area contributed by atoms with Crippen LogP contribution in [0, 0.1) is 5.92 Å². The second-order valence-corrected chi connectivity index (χ2v) is 6.73.